The quantitative estimate of drug-likeness (QED) is 0.311. The molecule has 1 aliphatic carbocycles. The fourth-order valence-corrected chi connectivity index (χ4v) is 4.78. The largest absolute Gasteiger partial charge is 0.492 e. The Hall–Kier alpha value is -3.06. The van der Waals surface area contributed by atoms with Crippen LogP contribution in [0.1, 0.15) is 63.0 Å². The third-order valence-electron chi connectivity index (χ3n) is 6.85. The fourth-order valence-electron chi connectivity index (χ4n) is 4.78. The number of ether oxygens (including phenoxy) is 3. The van der Waals surface area contributed by atoms with Crippen molar-refractivity contribution in [3.05, 3.63) is 65.7 Å². The van der Waals surface area contributed by atoms with Gasteiger partial charge in [0.25, 0.3) is 0 Å². The number of hydrogen-bond acceptors (Lipinski definition) is 5. The van der Waals surface area contributed by atoms with Gasteiger partial charge in [0.15, 0.2) is 6.10 Å². The van der Waals surface area contributed by atoms with Crippen LogP contribution in [0.25, 0.3) is 0 Å². The third-order valence-corrected chi connectivity index (χ3v) is 6.85. The molecule has 2 aromatic carbocycles. The van der Waals surface area contributed by atoms with Gasteiger partial charge in [-0.2, -0.15) is 0 Å². The number of benzene rings is 2. The van der Waals surface area contributed by atoms with Crippen LogP contribution >= 0.6 is 0 Å². The van der Waals surface area contributed by atoms with Crippen molar-refractivity contribution in [3.63, 3.8) is 0 Å². The predicted octanol–water partition coefficient (Wildman–Crippen LogP) is 6.10. The van der Waals surface area contributed by atoms with Crippen LogP contribution in [0.3, 0.4) is 0 Å². The lowest BCUT2D eigenvalue weighted by molar-refractivity contribution is -0.149. The van der Waals surface area contributed by atoms with E-state index in [4.69, 9.17) is 14.2 Å². The van der Waals surface area contributed by atoms with Crippen molar-refractivity contribution >= 4 is 12.1 Å². The van der Waals surface area contributed by atoms with E-state index in [1.807, 2.05) is 54.6 Å². The highest BCUT2D eigenvalue weighted by Gasteiger charge is 2.19. The first-order chi connectivity index (χ1) is 18.0. The summed E-state index contributed by atoms with van der Waals surface area (Å²) in [7, 11) is 0. The highest BCUT2D eigenvalue weighted by molar-refractivity contribution is 5.72. The first-order valence-corrected chi connectivity index (χ1v) is 13.6. The Morgan fingerprint density at radius 3 is 2.38 bits per heavy atom. The van der Waals surface area contributed by atoms with Gasteiger partial charge in [-0.05, 0) is 48.9 Å². The number of carbonyl (C=O) groups excluding carboxylic acids is 1. The van der Waals surface area contributed by atoms with Crippen LogP contribution in [0.4, 0.5) is 4.79 Å². The van der Waals surface area contributed by atoms with Gasteiger partial charge < -0.3 is 24.2 Å². The molecular weight excluding hydrogens is 470 g/mol. The van der Waals surface area contributed by atoms with Gasteiger partial charge in [-0.15, -0.1) is 0 Å². The molecule has 0 aliphatic heterocycles. The van der Waals surface area contributed by atoms with Crippen molar-refractivity contribution in [1.82, 2.24) is 4.90 Å². The maximum Gasteiger partial charge on any atom is 0.410 e. The van der Waals surface area contributed by atoms with E-state index < -0.39 is 12.1 Å². The van der Waals surface area contributed by atoms with Gasteiger partial charge in [0.2, 0.25) is 0 Å². The Kier molecular flexibility index (Phi) is 12.3. The predicted molar refractivity (Wildman–Crippen MR) is 143 cm³/mol. The van der Waals surface area contributed by atoms with E-state index in [1.165, 1.54) is 32.1 Å². The lowest BCUT2D eigenvalue weighted by Crippen LogP contribution is -2.36. The van der Waals surface area contributed by atoms with Crippen molar-refractivity contribution < 1.29 is 28.9 Å². The van der Waals surface area contributed by atoms with E-state index in [9.17, 15) is 14.7 Å². The van der Waals surface area contributed by atoms with Crippen molar-refractivity contribution in [2.45, 2.75) is 71.0 Å². The van der Waals surface area contributed by atoms with Crippen LogP contribution in [0, 0.1) is 5.92 Å². The molecule has 7 heteroatoms. The number of carboxylic acids is 1. The lowest BCUT2D eigenvalue weighted by atomic mass is 9.86. The maximum absolute atomic E-state index is 12.9. The molecule has 3 rings (SSSR count). The molecule has 0 radical (unpaired) electrons. The third kappa shape index (κ3) is 10.4. The van der Waals surface area contributed by atoms with Crippen molar-refractivity contribution in [2.75, 3.05) is 26.3 Å². The molecule has 7 nitrogen and oxygen atoms in total. The maximum atomic E-state index is 12.9. The molecule has 1 atom stereocenters. The number of hydrogen-bond donors (Lipinski definition) is 1. The van der Waals surface area contributed by atoms with Gasteiger partial charge in [-0.3, -0.25) is 0 Å². The molecule has 1 amide bonds. The van der Waals surface area contributed by atoms with Crippen LogP contribution in [-0.4, -0.2) is 54.5 Å². The van der Waals surface area contributed by atoms with E-state index in [-0.39, 0.29) is 12.7 Å². The second-order valence-corrected chi connectivity index (χ2v) is 9.65. The average molecular weight is 512 g/mol. The first kappa shape index (κ1) is 28.5. The summed E-state index contributed by atoms with van der Waals surface area (Å²) in [6.07, 6.45) is 7.82. The number of nitrogens with zero attached hydrogens (tertiary/aromatic N) is 1. The highest BCUT2D eigenvalue weighted by atomic mass is 16.6. The monoisotopic (exact) mass is 511 g/mol. The summed E-state index contributed by atoms with van der Waals surface area (Å²) in [6.45, 7) is 3.82. The van der Waals surface area contributed by atoms with E-state index in [2.05, 4.69) is 0 Å². The first-order valence-electron chi connectivity index (χ1n) is 13.6. The van der Waals surface area contributed by atoms with Gasteiger partial charge >= 0.3 is 12.1 Å². The molecule has 1 fully saturated rings. The molecule has 0 spiro atoms. The van der Waals surface area contributed by atoms with Crippen LogP contribution < -0.4 is 4.74 Å². The molecule has 202 valence electrons. The van der Waals surface area contributed by atoms with Crippen molar-refractivity contribution in [1.29, 1.82) is 0 Å². The van der Waals surface area contributed by atoms with Gasteiger partial charge in [0.05, 0.1) is 6.54 Å². The summed E-state index contributed by atoms with van der Waals surface area (Å²) in [5.41, 5.74) is 1.82. The fraction of sp³-hybridized carbons (Fsp3) is 0.533. The minimum absolute atomic E-state index is 0.250. The van der Waals surface area contributed by atoms with Gasteiger partial charge in [0, 0.05) is 19.6 Å². The zero-order chi connectivity index (χ0) is 26.3. The Bertz CT molecular complexity index is 927. The molecule has 0 saturated heterocycles. The molecule has 1 N–H and O–H groups in total. The number of carbonyl (C=O) groups is 2. The Morgan fingerprint density at radius 1 is 0.973 bits per heavy atom. The normalized spacial score (nSPS) is 14.6. The topological polar surface area (TPSA) is 85.3 Å². The molecule has 37 heavy (non-hydrogen) atoms. The second kappa shape index (κ2) is 15.9. The summed E-state index contributed by atoms with van der Waals surface area (Å²) in [5, 5.41) is 9.28. The Labute approximate surface area is 220 Å². The summed E-state index contributed by atoms with van der Waals surface area (Å²) in [4.78, 5) is 26.0. The summed E-state index contributed by atoms with van der Waals surface area (Å²) in [6, 6.07) is 17.0. The van der Waals surface area contributed by atoms with Crippen molar-refractivity contribution in [3.8, 4) is 5.75 Å². The molecule has 0 heterocycles. The standard InChI is InChI=1S/C30H41NO6/c1-2-35-28(29(32)33)22-25-15-17-27(18-16-25)36-21-20-31(19-9-14-24-10-5-3-6-11-24)30(34)37-23-26-12-7-4-8-13-26/h4,7-8,12-13,15-18,24,28H,2-3,5-6,9-11,14,19-23H2,1H3,(H,32,33). The van der Waals surface area contributed by atoms with Gasteiger partial charge in [0.1, 0.15) is 19.0 Å². The molecule has 1 unspecified atom stereocenters. The smallest absolute Gasteiger partial charge is 0.410 e. The Balaban J connectivity index is 1.49. The van der Waals surface area contributed by atoms with Crippen LogP contribution in [0.2, 0.25) is 0 Å². The van der Waals surface area contributed by atoms with E-state index in [0.29, 0.717) is 38.5 Å². The van der Waals surface area contributed by atoms with Crippen molar-refractivity contribution in [2.24, 2.45) is 5.92 Å². The minimum atomic E-state index is -0.968. The van der Waals surface area contributed by atoms with Gasteiger partial charge in [-0.1, -0.05) is 74.6 Å². The number of aliphatic carboxylic acids is 1. The zero-order valence-electron chi connectivity index (χ0n) is 22.0. The molecule has 1 saturated carbocycles. The lowest BCUT2D eigenvalue weighted by Gasteiger charge is -2.25. The van der Waals surface area contributed by atoms with E-state index >= 15 is 0 Å². The highest BCUT2D eigenvalue weighted by Crippen LogP contribution is 2.27. The molecule has 0 aromatic heterocycles. The number of amides is 1. The summed E-state index contributed by atoms with van der Waals surface area (Å²) < 4.78 is 16.8. The zero-order valence-corrected chi connectivity index (χ0v) is 22.0. The summed E-state index contributed by atoms with van der Waals surface area (Å²) >= 11 is 0. The summed E-state index contributed by atoms with van der Waals surface area (Å²) in [5.74, 6) is 0.478. The molecular formula is C30H41NO6. The van der Waals surface area contributed by atoms with Crippen LogP contribution in [-0.2, 0) is 27.3 Å². The van der Waals surface area contributed by atoms with Gasteiger partial charge in [-0.25, -0.2) is 9.59 Å². The van der Waals surface area contributed by atoms with E-state index in [1.54, 1.807) is 11.8 Å². The number of carboxylic acid groups (broad SMARTS) is 1. The SMILES string of the molecule is CCOC(Cc1ccc(OCCN(CCCC2CCCCC2)C(=O)OCc2ccccc2)cc1)C(=O)O. The van der Waals surface area contributed by atoms with Crippen LogP contribution in [0.5, 0.6) is 5.75 Å². The molecule has 0 bridgehead atoms. The van der Waals surface area contributed by atoms with Crippen LogP contribution in [0.15, 0.2) is 54.6 Å². The minimum Gasteiger partial charge on any atom is -0.492 e. The molecule has 2 aromatic rings. The second-order valence-electron chi connectivity index (χ2n) is 9.65. The molecule has 1 aliphatic rings. The number of rotatable bonds is 15. The Morgan fingerprint density at radius 2 is 1.70 bits per heavy atom. The average Bonchev–Trinajstić information content (AvgIpc) is 2.92. The van der Waals surface area contributed by atoms with E-state index in [0.717, 1.165) is 29.9 Å².